The van der Waals surface area contributed by atoms with Crippen LogP contribution in [0.25, 0.3) is 0 Å². The molecule has 0 aliphatic heterocycles. The van der Waals surface area contributed by atoms with Crippen LogP contribution >= 0.6 is 0 Å². The third kappa shape index (κ3) is 4.19. The number of carbonyl (C=O) groups is 1. The van der Waals surface area contributed by atoms with Crippen molar-refractivity contribution in [3.05, 3.63) is 17.5 Å². The quantitative estimate of drug-likeness (QED) is 0.764. The highest BCUT2D eigenvalue weighted by molar-refractivity contribution is 5.72. The number of rotatable bonds is 5. The van der Waals surface area contributed by atoms with Crippen molar-refractivity contribution in [2.75, 3.05) is 25.6 Å². The lowest BCUT2D eigenvalue weighted by molar-refractivity contribution is -0.144. The fourth-order valence-electron chi connectivity index (χ4n) is 1.81. The molecule has 0 radical (unpaired) electrons. The van der Waals surface area contributed by atoms with Gasteiger partial charge in [0.25, 0.3) is 0 Å². The van der Waals surface area contributed by atoms with Crippen LogP contribution in [-0.2, 0) is 9.53 Å². The highest BCUT2D eigenvalue weighted by Gasteiger charge is 2.17. The standard InChI is InChI=1S/C14H23N3O2/c1-9(2)12-7-11(4)15-14(16-12)17(5)8-10(3)13(18)19-6/h7,9-10H,8H2,1-6H3. The summed E-state index contributed by atoms with van der Waals surface area (Å²) in [7, 11) is 3.29. The SMILES string of the molecule is COC(=O)C(C)CN(C)c1nc(C)cc(C(C)C)n1. The molecule has 106 valence electrons. The van der Waals surface area contributed by atoms with E-state index in [2.05, 4.69) is 23.8 Å². The number of esters is 1. The summed E-state index contributed by atoms with van der Waals surface area (Å²) in [6.45, 7) is 8.52. The second-order valence-corrected chi connectivity index (χ2v) is 5.19. The first-order chi connectivity index (χ1) is 8.85. The lowest BCUT2D eigenvalue weighted by Gasteiger charge is -2.21. The van der Waals surface area contributed by atoms with Crippen molar-refractivity contribution in [1.82, 2.24) is 9.97 Å². The molecule has 5 nitrogen and oxygen atoms in total. The van der Waals surface area contributed by atoms with E-state index in [4.69, 9.17) is 4.74 Å². The Labute approximate surface area is 115 Å². The maximum Gasteiger partial charge on any atom is 0.310 e. The van der Waals surface area contributed by atoms with E-state index in [1.807, 2.05) is 31.9 Å². The summed E-state index contributed by atoms with van der Waals surface area (Å²) in [6.07, 6.45) is 0. The Bertz CT molecular complexity index is 446. The van der Waals surface area contributed by atoms with Gasteiger partial charge >= 0.3 is 5.97 Å². The number of methoxy groups -OCH3 is 1. The number of hydrogen-bond acceptors (Lipinski definition) is 5. The van der Waals surface area contributed by atoms with Crippen molar-refractivity contribution in [1.29, 1.82) is 0 Å². The molecular weight excluding hydrogens is 242 g/mol. The van der Waals surface area contributed by atoms with Gasteiger partial charge in [-0.3, -0.25) is 4.79 Å². The summed E-state index contributed by atoms with van der Waals surface area (Å²) in [6, 6.07) is 1.99. The van der Waals surface area contributed by atoms with Crippen LogP contribution < -0.4 is 4.90 Å². The molecule has 0 N–H and O–H groups in total. The normalized spacial score (nSPS) is 12.4. The number of carbonyl (C=O) groups excluding carboxylic acids is 1. The second kappa shape index (κ2) is 6.50. The highest BCUT2D eigenvalue weighted by atomic mass is 16.5. The van der Waals surface area contributed by atoms with E-state index < -0.39 is 0 Å². The minimum Gasteiger partial charge on any atom is -0.469 e. The first-order valence-corrected chi connectivity index (χ1v) is 6.49. The average Bonchev–Trinajstić information content (AvgIpc) is 2.36. The van der Waals surface area contributed by atoms with Crippen LogP contribution in [0.5, 0.6) is 0 Å². The highest BCUT2D eigenvalue weighted by Crippen LogP contribution is 2.17. The molecule has 1 rings (SSSR count). The smallest absolute Gasteiger partial charge is 0.310 e. The van der Waals surface area contributed by atoms with E-state index in [-0.39, 0.29) is 11.9 Å². The Morgan fingerprint density at radius 3 is 2.53 bits per heavy atom. The maximum absolute atomic E-state index is 11.4. The fourth-order valence-corrected chi connectivity index (χ4v) is 1.81. The van der Waals surface area contributed by atoms with Gasteiger partial charge in [-0.1, -0.05) is 20.8 Å². The van der Waals surface area contributed by atoms with Gasteiger partial charge in [0.05, 0.1) is 13.0 Å². The molecule has 1 heterocycles. The molecule has 0 aliphatic rings. The lowest BCUT2D eigenvalue weighted by Crippen LogP contribution is -2.30. The van der Waals surface area contributed by atoms with Crippen molar-refractivity contribution >= 4 is 11.9 Å². The first kappa shape index (κ1) is 15.4. The van der Waals surface area contributed by atoms with Crippen LogP contribution in [0.2, 0.25) is 0 Å². The van der Waals surface area contributed by atoms with Crippen molar-refractivity contribution in [2.24, 2.45) is 5.92 Å². The minimum absolute atomic E-state index is 0.207. The zero-order valence-electron chi connectivity index (χ0n) is 12.6. The van der Waals surface area contributed by atoms with Crippen molar-refractivity contribution in [3.8, 4) is 0 Å². The number of hydrogen-bond donors (Lipinski definition) is 0. The third-order valence-electron chi connectivity index (χ3n) is 2.95. The van der Waals surface area contributed by atoms with E-state index >= 15 is 0 Å². The summed E-state index contributed by atoms with van der Waals surface area (Å²) in [4.78, 5) is 22.3. The predicted octanol–water partition coefficient (Wildman–Crippen LogP) is 2.15. The van der Waals surface area contributed by atoms with Crippen LogP contribution in [0.1, 0.15) is 38.1 Å². The molecule has 0 bridgehead atoms. The maximum atomic E-state index is 11.4. The molecule has 1 aromatic heterocycles. The molecule has 0 aromatic carbocycles. The molecule has 0 spiro atoms. The minimum atomic E-state index is -0.219. The van der Waals surface area contributed by atoms with Gasteiger partial charge in [-0.25, -0.2) is 9.97 Å². The topological polar surface area (TPSA) is 55.3 Å². The molecule has 5 heteroatoms. The average molecular weight is 265 g/mol. The number of ether oxygens (including phenoxy) is 1. The monoisotopic (exact) mass is 265 g/mol. The zero-order chi connectivity index (χ0) is 14.6. The van der Waals surface area contributed by atoms with Crippen LogP contribution in [-0.4, -0.2) is 36.6 Å². The molecule has 1 atom stereocenters. The van der Waals surface area contributed by atoms with Gasteiger partial charge in [0.2, 0.25) is 5.95 Å². The van der Waals surface area contributed by atoms with Gasteiger partial charge in [-0.15, -0.1) is 0 Å². The molecule has 0 aliphatic carbocycles. The van der Waals surface area contributed by atoms with E-state index in [0.717, 1.165) is 11.4 Å². The Morgan fingerprint density at radius 2 is 2.00 bits per heavy atom. The van der Waals surface area contributed by atoms with E-state index in [0.29, 0.717) is 18.4 Å². The largest absolute Gasteiger partial charge is 0.469 e. The van der Waals surface area contributed by atoms with Gasteiger partial charge < -0.3 is 9.64 Å². The number of aryl methyl sites for hydroxylation is 1. The Hall–Kier alpha value is -1.65. The van der Waals surface area contributed by atoms with Gasteiger partial charge in [0.1, 0.15) is 0 Å². The molecule has 19 heavy (non-hydrogen) atoms. The van der Waals surface area contributed by atoms with Gasteiger partial charge in [-0.2, -0.15) is 0 Å². The Morgan fingerprint density at radius 1 is 1.37 bits per heavy atom. The first-order valence-electron chi connectivity index (χ1n) is 6.49. The van der Waals surface area contributed by atoms with Gasteiger partial charge in [0.15, 0.2) is 0 Å². The summed E-state index contributed by atoms with van der Waals surface area (Å²) >= 11 is 0. The Balaban J connectivity index is 2.87. The molecule has 0 saturated heterocycles. The molecular formula is C14H23N3O2. The molecule has 1 unspecified atom stereocenters. The fraction of sp³-hybridized carbons (Fsp3) is 0.643. The van der Waals surface area contributed by atoms with Gasteiger partial charge in [0, 0.05) is 25.0 Å². The van der Waals surface area contributed by atoms with Crippen LogP contribution in [0.3, 0.4) is 0 Å². The van der Waals surface area contributed by atoms with E-state index in [9.17, 15) is 4.79 Å². The van der Waals surface area contributed by atoms with Crippen molar-refractivity contribution in [3.63, 3.8) is 0 Å². The van der Waals surface area contributed by atoms with Crippen LogP contribution in [0.4, 0.5) is 5.95 Å². The molecule has 1 aromatic rings. The lowest BCUT2D eigenvalue weighted by atomic mass is 10.1. The third-order valence-corrected chi connectivity index (χ3v) is 2.95. The van der Waals surface area contributed by atoms with Crippen molar-refractivity contribution in [2.45, 2.75) is 33.6 Å². The summed E-state index contributed by atoms with van der Waals surface area (Å²) in [5.41, 5.74) is 1.95. The number of anilines is 1. The summed E-state index contributed by atoms with van der Waals surface area (Å²) in [5, 5.41) is 0. The molecule has 0 saturated carbocycles. The molecule has 0 fully saturated rings. The van der Waals surface area contributed by atoms with Crippen LogP contribution in [0.15, 0.2) is 6.07 Å². The summed E-state index contributed by atoms with van der Waals surface area (Å²) < 4.78 is 4.73. The predicted molar refractivity (Wildman–Crippen MR) is 75.3 cm³/mol. The van der Waals surface area contributed by atoms with Crippen molar-refractivity contribution < 1.29 is 9.53 Å². The van der Waals surface area contributed by atoms with Crippen LogP contribution in [0, 0.1) is 12.8 Å². The van der Waals surface area contributed by atoms with E-state index in [1.54, 1.807) is 0 Å². The second-order valence-electron chi connectivity index (χ2n) is 5.19. The Kier molecular flexibility index (Phi) is 5.27. The number of nitrogens with zero attached hydrogens (tertiary/aromatic N) is 3. The van der Waals surface area contributed by atoms with E-state index in [1.165, 1.54) is 7.11 Å². The summed E-state index contributed by atoms with van der Waals surface area (Å²) in [5.74, 6) is 0.580. The zero-order valence-corrected chi connectivity index (χ0v) is 12.6. The van der Waals surface area contributed by atoms with Gasteiger partial charge in [-0.05, 0) is 18.9 Å². The molecule has 0 amide bonds. The number of aromatic nitrogens is 2.